The van der Waals surface area contributed by atoms with E-state index < -0.39 is 0 Å². The number of benzene rings is 3. The normalized spacial score (nSPS) is 15.2. The number of rotatable bonds is 3. The van der Waals surface area contributed by atoms with Crippen LogP contribution in [0, 0.1) is 6.92 Å². The average Bonchev–Trinajstić information content (AvgIpc) is 3.02. The Labute approximate surface area is 152 Å². The highest BCUT2D eigenvalue weighted by Crippen LogP contribution is 2.31. The molecule has 1 aliphatic heterocycles. The van der Waals surface area contributed by atoms with Gasteiger partial charge in [-0.3, -0.25) is 0 Å². The van der Waals surface area contributed by atoms with Crippen LogP contribution in [0.2, 0.25) is 0 Å². The summed E-state index contributed by atoms with van der Waals surface area (Å²) in [5.41, 5.74) is 3.46. The van der Waals surface area contributed by atoms with E-state index in [1.807, 2.05) is 42.5 Å². The molecule has 4 rings (SSSR count). The van der Waals surface area contributed by atoms with E-state index in [2.05, 4.69) is 25.1 Å². The van der Waals surface area contributed by atoms with Crippen LogP contribution in [-0.2, 0) is 9.53 Å². The molecule has 128 valence electrons. The van der Waals surface area contributed by atoms with E-state index >= 15 is 0 Å². The summed E-state index contributed by atoms with van der Waals surface area (Å²) >= 11 is 0. The maximum absolute atomic E-state index is 12.3. The van der Waals surface area contributed by atoms with Crippen molar-refractivity contribution in [2.45, 2.75) is 6.92 Å². The number of cyclic esters (lactones) is 1. The molecule has 1 heterocycles. The highest BCUT2D eigenvalue weighted by Gasteiger charge is 2.22. The predicted octanol–water partition coefficient (Wildman–Crippen LogP) is 5.14. The number of carbonyl (C=O) groups excluding carboxylic acids is 1. The number of fused-ring (bicyclic) bond motifs is 1. The smallest absolute Gasteiger partial charge is 0.343 e. The van der Waals surface area contributed by atoms with E-state index in [-0.39, 0.29) is 5.97 Å². The summed E-state index contributed by atoms with van der Waals surface area (Å²) < 4.78 is 10.8. The predicted molar refractivity (Wildman–Crippen MR) is 104 cm³/mol. The second-order valence-electron chi connectivity index (χ2n) is 6.31. The van der Waals surface area contributed by atoms with Crippen molar-refractivity contribution in [3.8, 4) is 5.75 Å². The molecule has 0 bridgehead atoms. The van der Waals surface area contributed by atoms with Crippen molar-refractivity contribution in [2.24, 2.45) is 0 Å². The van der Waals surface area contributed by atoms with Crippen LogP contribution in [0.3, 0.4) is 0 Å². The maximum atomic E-state index is 12.3. The molecule has 0 saturated carbocycles. The molecule has 0 radical (unpaired) electrons. The largest absolute Gasteiger partial charge is 0.496 e. The lowest BCUT2D eigenvalue weighted by Crippen LogP contribution is -1.97. The van der Waals surface area contributed by atoms with Crippen molar-refractivity contribution < 1.29 is 14.3 Å². The summed E-state index contributed by atoms with van der Waals surface area (Å²) in [5, 5.41) is 2.29. The molecule has 0 N–H and O–H groups in total. The standard InChI is InChI=1S/C23H18O3/c1-15-7-8-17-12-19(10-9-16(17)11-15)22-14-20(23(24)26-22)13-18-5-3-4-6-21(18)25-2/h3-14H,1-2H3/b20-13+. The minimum atomic E-state index is -0.352. The van der Waals surface area contributed by atoms with Crippen LogP contribution in [-0.4, -0.2) is 13.1 Å². The number of ether oxygens (including phenoxy) is 2. The zero-order chi connectivity index (χ0) is 18.1. The van der Waals surface area contributed by atoms with Crippen LogP contribution in [0.1, 0.15) is 16.7 Å². The lowest BCUT2D eigenvalue weighted by Gasteiger charge is -2.05. The molecule has 26 heavy (non-hydrogen) atoms. The van der Waals surface area contributed by atoms with E-state index in [0.717, 1.165) is 22.3 Å². The molecule has 0 spiro atoms. The van der Waals surface area contributed by atoms with E-state index in [1.54, 1.807) is 19.3 Å². The van der Waals surface area contributed by atoms with Gasteiger partial charge in [0.25, 0.3) is 0 Å². The van der Waals surface area contributed by atoms with Crippen LogP contribution in [0.4, 0.5) is 0 Å². The van der Waals surface area contributed by atoms with Crippen LogP contribution in [0.15, 0.2) is 72.3 Å². The molecule has 1 aliphatic rings. The van der Waals surface area contributed by atoms with Gasteiger partial charge in [0.15, 0.2) is 0 Å². The third kappa shape index (κ3) is 3.00. The molecule has 3 aromatic carbocycles. The Morgan fingerprint density at radius 2 is 1.73 bits per heavy atom. The monoisotopic (exact) mass is 342 g/mol. The molecule has 0 amide bonds. The maximum Gasteiger partial charge on any atom is 0.343 e. The van der Waals surface area contributed by atoms with Gasteiger partial charge in [-0.05, 0) is 42.0 Å². The summed E-state index contributed by atoms with van der Waals surface area (Å²) in [7, 11) is 1.61. The third-order valence-corrected chi connectivity index (χ3v) is 4.46. The topological polar surface area (TPSA) is 35.5 Å². The van der Waals surface area contributed by atoms with Gasteiger partial charge in [-0.1, -0.05) is 54.1 Å². The number of hydrogen-bond acceptors (Lipinski definition) is 3. The first-order valence-electron chi connectivity index (χ1n) is 8.43. The second kappa shape index (κ2) is 6.52. The number of aryl methyl sites for hydroxylation is 1. The van der Waals surface area contributed by atoms with Gasteiger partial charge >= 0.3 is 5.97 Å². The van der Waals surface area contributed by atoms with Crippen molar-refractivity contribution in [2.75, 3.05) is 7.11 Å². The van der Waals surface area contributed by atoms with Gasteiger partial charge in [-0.2, -0.15) is 0 Å². The molecule has 3 nitrogen and oxygen atoms in total. The Morgan fingerprint density at radius 1 is 0.962 bits per heavy atom. The summed E-state index contributed by atoms with van der Waals surface area (Å²) in [6.45, 7) is 2.07. The lowest BCUT2D eigenvalue weighted by molar-refractivity contribution is -0.130. The van der Waals surface area contributed by atoms with E-state index in [4.69, 9.17) is 9.47 Å². The van der Waals surface area contributed by atoms with Gasteiger partial charge in [0.2, 0.25) is 0 Å². The van der Waals surface area contributed by atoms with E-state index in [9.17, 15) is 4.79 Å². The van der Waals surface area contributed by atoms with Crippen LogP contribution in [0.25, 0.3) is 22.6 Å². The fourth-order valence-corrected chi connectivity index (χ4v) is 3.10. The molecule has 0 aliphatic carbocycles. The fraction of sp³-hybridized carbons (Fsp3) is 0.0870. The van der Waals surface area contributed by atoms with Crippen molar-refractivity contribution in [3.05, 3.63) is 89.0 Å². The molecule has 0 saturated heterocycles. The number of methoxy groups -OCH3 is 1. The van der Waals surface area contributed by atoms with Gasteiger partial charge < -0.3 is 9.47 Å². The van der Waals surface area contributed by atoms with Crippen LogP contribution < -0.4 is 4.74 Å². The Hall–Kier alpha value is -3.33. The van der Waals surface area contributed by atoms with E-state index in [0.29, 0.717) is 11.3 Å². The molecule has 0 atom stereocenters. The van der Waals surface area contributed by atoms with E-state index in [1.165, 1.54) is 10.9 Å². The molecular weight excluding hydrogens is 324 g/mol. The summed E-state index contributed by atoms with van der Waals surface area (Å²) in [6, 6.07) is 19.9. The summed E-state index contributed by atoms with van der Waals surface area (Å²) in [4.78, 5) is 12.3. The fourth-order valence-electron chi connectivity index (χ4n) is 3.10. The van der Waals surface area contributed by atoms with Gasteiger partial charge in [-0.25, -0.2) is 4.79 Å². The second-order valence-corrected chi connectivity index (χ2v) is 6.31. The third-order valence-electron chi connectivity index (χ3n) is 4.46. The Balaban J connectivity index is 1.72. The number of esters is 1. The molecule has 0 aromatic heterocycles. The average molecular weight is 342 g/mol. The van der Waals surface area contributed by atoms with Crippen LogP contribution >= 0.6 is 0 Å². The van der Waals surface area contributed by atoms with Gasteiger partial charge in [0.05, 0.1) is 12.7 Å². The van der Waals surface area contributed by atoms with Gasteiger partial charge in [0.1, 0.15) is 11.5 Å². The van der Waals surface area contributed by atoms with Gasteiger partial charge in [0, 0.05) is 11.1 Å². The molecule has 3 heteroatoms. The first kappa shape index (κ1) is 16.2. The minimum Gasteiger partial charge on any atom is -0.496 e. The number of hydrogen-bond donors (Lipinski definition) is 0. The quantitative estimate of drug-likeness (QED) is 0.488. The zero-order valence-electron chi connectivity index (χ0n) is 14.7. The van der Waals surface area contributed by atoms with Crippen LogP contribution in [0.5, 0.6) is 5.75 Å². The highest BCUT2D eigenvalue weighted by atomic mass is 16.5. The first-order valence-corrected chi connectivity index (χ1v) is 8.43. The molecule has 3 aromatic rings. The highest BCUT2D eigenvalue weighted by molar-refractivity contribution is 6.05. The Kier molecular flexibility index (Phi) is 4.05. The number of para-hydroxylation sites is 1. The minimum absolute atomic E-state index is 0.352. The molecule has 0 unspecified atom stereocenters. The molecular formula is C23H18O3. The van der Waals surface area contributed by atoms with Crippen molar-refractivity contribution in [1.82, 2.24) is 0 Å². The molecule has 0 fully saturated rings. The zero-order valence-corrected chi connectivity index (χ0v) is 14.7. The number of carbonyl (C=O) groups is 1. The first-order chi connectivity index (χ1) is 12.6. The Bertz CT molecular complexity index is 1070. The van der Waals surface area contributed by atoms with Crippen molar-refractivity contribution in [1.29, 1.82) is 0 Å². The van der Waals surface area contributed by atoms with Gasteiger partial charge in [-0.15, -0.1) is 0 Å². The lowest BCUT2D eigenvalue weighted by atomic mass is 10.0. The SMILES string of the molecule is COc1ccccc1/C=C1\C=C(c2ccc3cc(C)ccc3c2)OC1=O. The summed E-state index contributed by atoms with van der Waals surface area (Å²) in [5.74, 6) is 0.934. The Morgan fingerprint density at radius 3 is 2.58 bits per heavy atom. The van der Waals surface area contributed by atoms with Crippen molar-refractivity contribution in [3.63, 3.8) is 0 Å². The van der Waals surface area contributed by atoms with Crippen molar-refractivity contribution >= 4 is 28.6 Å². The summed E-state index contributed by atoms with van der Waals surface area (Å²) in [6.07, 6.45) is 3.57.